The molecule has 0 N–H and O–H groups in total. The maximum absolute atomic E-state index is 2.00. The van der Waals surface area contributed by atoms with Gasteiger partial charge in [0.15, 0.2) is 0 Å². The van der Waals surface area contributed by atoms with Crippen molar-refractivity contribution >= 4 is 0 Å². The fourth-order valence-corrected chi connectivity index (χ4v) is 0.962. The molecule has 0 spiro atoms. The van der Waals surface area contributed by atoms with Crippen molar-refractivity contribution in [2.45, 2.75) is 0 Å². The van der Waals surface area contributed by atoms with Crippen LogP contribution in [0.25, 0.3) is 0 Å². The van der Waals surface area contributed by atoms with Crippen LogP contribution in [0.5, 0.6) is 0 Å². The Kier molecular flexibility index (Phi) is 10.9. The van der Waals surface area contributed by atoms with E-state index in [9.17, 15) is 0 Å². The van der Waals surface area contributed by atoms with Crippen molar-refractivity contribution in [2.24, 2.45) is 0 Å². The minimum Gasteiger partial charge on any atom is -0.214 e. The quantitative estimate of drug-likeness (QED) is 0.409. The first kappa shape index (κ1) is 14.8. The Balaban J connectivity index is 0.000000205. The summed E-state index contributed by atoms with van der Waals surface area (Å²) < 4.78 is 0. The smallest absolute Gasteiger partial charge is 0.214 e. The van der Waals surface area contributed by atoms with Crippen LogP contribution in [0.2, 0.25) is 0 Å². The van der Waals surface area contributed by atoms with E-state index < -0.39 is 0 Å². The molecule has 3 aromatic rings. The van der Waals surface area contributed by atoms with Crippen molar-refractivity contribution in [3.05, 3.63) is 91.0 Å². The van der Waals surface area contributed by atoms with Crippen LogP contribution in [0, 0.1) is 0 Å². The van der Waals surface area contributed by atoms with Crippen LogP contribution in [0.15, 0.2) is 91.0 Å². The maximum atomic E-state index is 2.00. The zero-order valence-electron chi connectivity index (χ0n) is 9.16. The molecule has 0 saturated heterocycles. The van der Waals surface area contributed by atoms with Gasteiger partial charge in [-0.15, -0.1) is 0 Å². The summed E-state index contributed by atoms with van der Waals surface area (Å²) in [5.41, 5.74) is 0. The van der Waals surface area contributed by atoms with Crippen molar-refractivity contribution in [1.29, 1.82) is 0 Å². The molecule has 0 saturated carbocycles. The third kappa shape index (κ3) is 9.32. The van der Waals surface area contributed by atoms with Gasteiger partial charge in [0, 0.05) is 0 Å². The van der Waals surface area contributed by atoms with E-state index in [1.807, 2.05) is 91.0 Å². The van der Waals surface area contributed by atoms with Gasteiger partial charge in [-0.05, 0) is 0 Å². The van der Waals surface area contributed by atoms with Gasteiger partial charge in [0.05, 0.1) is 0 Å². The Bertz CT molecular complexity index is 237. The normalized spacial score (nSPS) is 7.50. The van der Waals surface area contributed by atoms with E-state index in [-0.39, 0.29) is 21.7 Å². The van der Waals surface area contributed by atoms with Gasteiger partial charge < -0.3 is 0 Å². The largest absolute Gasteiger partial charge is 3.00 e. The SMILES string of the molecule is [Ti+3].c1cc[cH-]c1.c1cc[cH-]c1.c1cc[cH-]c1. The molecule has 3 rings (SSSR count). The molecular formula is C15H15Ti. The Labute approximate surface area is 113 Å². The van der Waals surface area contributed by atoms with Crippen molar-refractivity contribution in [2.75, 3.05) is 0 Å². The monoisotopic (exact) mass is 243 g/mol. The summed E-state index contributed by atoms with van der Waals surface area (Å²) in [4.78, 5) is 0. The minimum absolute atomic E-state index is 0. The van der Waals surface area contributed by atoms with Gasteiger partial charge in [0.2, 0.25) is 0 Å². The Hall–Kier alpha value is -1.24. The van der Waals surface area contributed by atoms with E-state index in [0.29, 0.717) is 0 Å². The first-order chi connectivity index (χ1) is 7.50. The van der Waals surface area contributed by atoms with Crippen molar-refractivity contribution in [3.8, 4) is 0 Å². The summed E-state index contributed by atoms with van der Waals surface area (Å²) in [6, 6.07) is 30.0. The van der Waals surface area contributed by atoms with Gasteiger partial charge in [-0.3, -0.25) is 0 Å². The van der Waals surface area contributed by atoms with E-state index in [1.165, 1.54) is 0 Å². The first-order valence-electron chi connectivity index (χ1n) is 5.00. The third-order valence-corrected chi connectivity index (χ3v) is 1.67. The summed E-state index contributed by atoms with van der Waals surface area (Å²) in [5.74, 6) is 0. The van der Waals surface area contributed by atoms with Crippen LogP contribution in [-0.4, -0.2) is 0 Å². The number of hydrogen-bond acceptors (Lipinski definition) is 0. The molecule has 0 aliphatic rings. The van der Waals surface area contributed by atoms with Gasteiger partial charge in [0.25, 0.3) is 0 Å². The molecule has 16 heavy (non-hydrogen) atoms. The second kappa shape index (κ2) is 11.8. The van der Waals surface area contributed by atoms with Crippen molar-refractivity contribution < 1.29 is 21.7 Å². The topological polar surface area (TPSA) is 0 Å². The van der Waals surface area contributed by atoms with Crippen molar-refractivity contribution in [1.82, 2.24) is 0 Å². The summed E-state index contributed by atoms with van der Waals surface area (Å²) >= 11 is 0. The van der Waals surface area contributed by atoms with Crippen molar-refractivity contribution in [3.63, 3.8) is 0 Å². The number of hydrogen-bond donors (Lipinski definition) is 0. The molecule has 0 aromatic heterocycles. The summed E-state index contributed by atoms with van der Waals surface area (Å²) in [6.07, 6.45) is 0. The Morgan fingerprint density at radius 1 is 0.375 bits per heavy atom. The number of rotatable bonds is 0. The maximum Gasteiger partial charge on any atom is 3.00 e. The molecule has 0 aliphatic carbocycles. The predicted molar refractivity (Wildman–Crippen MR) is 66.1 cm³/mol. The van der Waals surface area contributed by atoms with Gasteiger partial charge in [0.1, 0.15) is 0 Å². The van der Waals surface area contributed by atoms with Crippen LogP contribution < -0.4 is 0 Å². The average Bonchev–Trinajstić information content (AvgIpc) is 3.09. The molecule has 0 atom stereocenters. The zero-order chi connectivity index (χ0) is 10.6. The predicted octanol–water partition coefficient (Wildman–Crippen LogP) is 4.21. The van der Waals surface area contributed by atoms with E-state index in [1.54, 1.807) is 0 Å². The van der Waals surface area contributed by atoms with Crippen LogP contribution in [-0.2, 0) is 21.7 Å². The van der Waals surface area contributed by atoms with E-state index >= 15 is 0 Å². The standard InChI is InChI=1S/3C5H5.Ti/c3*1-2-4-5-3-1;/h3*1-5H;/q3*-1;+3. The summed E-state index contributed by atoms with van der Waals surface area (Å²) in [6.45, 7) is 0. The molecule has 0 aliphatic heterocycles. The molecule has 1 radical (unpaired) electrons. The average molecular weight is 243 g/mol. The molecule has 0 unspecified atom stereocenters. The molecule has 0 nitrogen and oxygen atoms in total. The van der Waals surface area contributed by atoms with Gasteiger partial charge >= 0.3 is 21.7 Å². The van der Waals surface area contributed by atoms with Crippen LogP contribution in [0.1, 0.15) is 0 Å². The molecule has 1 heteroatoms. The van der Waals surface area contributed by atoms with Crippen LogP contribution in [0.4, 0.5) is 0 Å². The summed E-state index contributed by atoms with van der Waals surface area (Å²) in [5, 5.41) is 0. The Morgan fingerprint density at radius 3 is 0.625 bits per heavy atom. The molecule has 3 aromatic carbocycles. The molecular weight excluding hydrogens is 228 g/mol. The second-order valence-corrected chi connectivity index (χ2v) is 2.89. The van der Waals surface area contributed by atoms with Gasteiger partial charge in [-0.2, -0.15) is 54.6 Å². The fraction of sp³-hybridized carbons (Fsp3) is 0. The Morgan fingerprint density at radius 2 is 0.562 bits per heavy atom. The minimum atomic E-state index is 0. The first-order valence-corrected chi connectivity index (χ1v) is 5.00. The van der Waals surface area contributed by atoms with Crippen LogP contribution >= 0.6 is 0 Å². The zero-order valence-corrected chi connectivity index (χ0v) is 10.7. The van der Waals surface area contributed by atoms with Gasteiger partial charge in [-0.1, -0.05) is 0 Å². The molecule has 0 fully saturated rings. The van der Waals surface area contributed by atoms with E-state index in [4.69, 9.17) is 0 Å². The molecule has 0 bridgehead atoms. The summed E-state index contributed by atoms with van der Waals surface area (Å²) in [7, 11) is 0. The fourth-order valence-electron chi connectivity index (χ4n) is 0.962. The van der Waals surface area contributed by atoms with Gasteiger partial charge in [-0.25, -0.2) is 36.4 Å². The molecule has 79 valence electrons. The third-order valence-electron chi connectivity index (χ3n) is 1.67. The van der Waals surface area contributed by atoms with E-state index in [0.717, 1.165) is 0 Å². The molecule has 0 heterocycles. The van der Waals surface area contributed by atoms with Crippen LogP contribution in [0.3, 0.4) is 0 Å². The molecule has 0 amide bonds. The van der Waals surface area contributed by atoms with E-state index in [2.05, 4.69) is 0 Å². The second-order valence-electron chi connectivity index (χ2n) is 2.89.